The number of benzene rings is 2. The molecule has 0 saturated heterocycles. The smallest absolute Gasteiger partial charge is 0.329 e. The van der Waals surface area contributed by atoms with E-state index < -0.39 is 46.8 Å². The fourth-order valence-electron chi connectivity index (χ4n) is 2.86. The predicted octanol–water partition coefficient (Wildman–Crippen LogP) is 2.01. The molecule has 9 heteroatoms. The molecular weight excluding hydrogens is 368 g/mol. The third kappa shape index (κ3) is 3.25. The molecule has 9 nitrogen and oxygen atoms in total. The van der Waals surface area contributed by atoms with Gasteiger partial charge in [-0.05, 0) is 13.0 Å². The van der Waals surface area contributed by atoms with Gasteiger partial charge in [0.1, 0.15) is 11.6 Å². The maximum absolute atomic E-state index is 12.6. The summed E-state index contributed by atoms with van der Waals surface area (Å²) in [6.45, 7) is 0.694. The van der Waals surface area contributed by atoms with E-state index in [0.29, 0.717) is 10.5 Å². The summed E-state index contributed by atoms with van der Waals surface area (Å²) >= 11 is 0. The van der Waals surface area contributed by atoms with Gasteiger partial charge in [-0.15, -0.1) is 0 Å². The number of hydrogen-bond donors (Lipinski definition) is 0. The molecule has 0 aliphatic carbocycles. The Morgan fingerprint density at radius 2 is 1.75 bits per heavy atom. The molecule has 3 rings (SSSR count). The summed E-state index contributed by atoms with van der Waals surface area (Å²) in [5.74, 6) is -3.20. The third-order valence-electron chi connectivity index (χ3n) is 4.29. The number of ketones is 1. The average Bonchev–Trinajstić information content (AvgIpc) is 2.96. The largest absolute Gasteiger partial charge is 0.456 e. The van der Waals surface area contributed by atoms with Crippen LogP contribution in [0.3, 0.4) is 0 Å². The standard InChI is InChI=1S/C19H14N2O7/c1-11(19(25)28-10-15(22)12-6-3-2-4-7-12)20-17(23)13-8-5-9-14(21(26)27)16(13)18(20)24/h2-9,11H,10H2,1H3/t11-/m1/s1. The Hall–Kier alpha value is -3.88. The SMILES string of the molecule is C[C@H](C(=O)OCC(=O)c1ccccc1)N1C(=O)c2cccc([N+](=O)[O-])c2C1=O. The van der Waals surface area contributed by atoms with E-state index in [1.54, 1.807) is 30.3 Å². The Bertz CT molecular complexity index is 1000. The summed E-state index contributed by atoms with van der Waals surface area (Å²) in [5, 5.41) is 11.1. The number of carbonyl (C=O) groups is 4. The summed E-state index contributed by atoms with van der Waals surface area (Å²) in [6, 6.07) is 10.5. The van der Waals surface area contributed by atoms with Crippen LogP contribution >= 0.6 is 0 Å². The van der Waals surface area contributed by atoms with Crippen LogP contribution in [0.1, 0.15) is 38.0 Å². The van der Waals surface area contributed by atoms with Crippen LogP contribution in [-0.4, -0.2) is 46.0 Å². The molecular formula is C19H14N2O7. The van der Waals surface area contributed by atoms with Crippen molar-refractivity contribution >= 4 is 29.3 Å². The highest BCUT2D eigenvalue weighted by atomic mass is 16.6. The number of nitro benzene ring substituents is 1. The number of amides is 2. The first-order valence-corrected chi connectivity index (χ1v) is 8.23. The van der Waals surface area contributed by atoms with Crippen molar-refractivity contribution in [1.82, 2.24) is 4.90 Å². The fraction of sp³-hybridized carbons (Fsp3) is 0.158. The van der Waals surface area contributed by atoms with Gasteiger partial charge in [0.2, 0.25) is 0 Å². The van der Waals surface area contributed by atoms with Crippen LogP contribution in [0.5, 0.6) is 0 Å². The van der Waals surface area contributed by atoms with Crippen LogP contribution in [-0.2, 0) is 9.53 Å². The molecule has 1 heterocycles. The first-order chi connectivity index (χ1) is 13.3. The molecule has 1 atom stereocenters. The normalized spacial score (nSPS) is 13.8. The number of fused-ring (bicyclic) bond motifs is 1. The molecule has 0 spiro atoms. The average molecular weight is 382 g/mol. The minimum atomic E-state index is -1.35. The zero-order chi connectivity index (χ0) is 20.4. The second-order valence-electron chi connectivity index (χ2n) is 6.01. The molecule has 142 valence electrons. The molecule has 0 saturated carbocycles. The van der Waals surface area contributed by atoms with Gasteiger partial charge in [0.25, 0.3) is 17.5 Å². The molecule has 1 aliphatic heterocycles. The van der Waals surface area contributed by atoms with Gasteiger partial charge in [-0.2, -0.15) is 0 Å². The molecule has 2 amide bonds. The Labute approximate surface area is 158 Å². The van der Waals surface area contributed by atoms with Gasteiger partial charge in [0.05, 0.1) is 10.5 Å². The van der Waals surface area contributed by atoms with E-state index in [1.807, 2.05) is 0 Å². The topological polar surface area (TPSA) is 124 Å². The monoisotopic (exact) mass is 382 g/mol. The maximum Gasteiger partial charge on any atom is 0.329 e. The molecule has 0 unspecified atom stereocenters. The highest BCUT2D eigenvalue weighted by molar-refractivity contribution is 6.24. The lowest BCUT2D eigenvalue weighted by molar-refractivity contribution is -0.385. The van der Waals surface area contributed by atoms with Crippen molar-refractivity contribution in [3.8, 4) is 0 Å². The van der Waals surface area contributed by atoms with Gasteiger partial charge >= 0.3 is 5.97 Å². The summed E-state index contributed by atoms with van der Waals surface area (Å²) < 4.78 is 4.94. The first-order valence-electron chi connectivity index (χ1n) is 8.23. The minimum Gasteiger partial charge on any atom is -0.456 e. The van der Waals surface area contributed by atoms with Gasteiger partial charge in [-0.3, -0.25) is 29.4 Å². The van der Waals surface area contributed by atoms with Crippen molar-refractivity contribution in [2.24, 2.45) is 0 Å². The number of carbonyl (C=O) groups excluding carboxylic acids is 4. The Balaban J connectivity index is 1.75. The van der Waals surface area contributed by atoms with Gasteiger partial charge in [0, 0.05) is 11.6 Å². The number of hydrogen-bond acceptors (Lipinski definition) is 7. The van der Waals surface area contributed by atoms with Crippen LogP contribution < -0.4 is 0 Å². The van der Waals surface area contributed by atoms with Crippen LogP contribution in [0.2, 0.25) is 0 Å². The van der Waals surface area contributed by atoms with E-state index in [4.69, 9.17) is 4.74 Å². The predicted molar refractivity (Wildman–Crippen MR) is 94.8 cm³/mol. The highest BCUT2D eigenvalue weighted by Gasteiger charge is 2.45. The second-order valence-corrected chi connectivity index (χ2v) is 6.01. The van der Waals surface area contributed by atoms with E-state index >= 15 is 0 Å². The Morgan fingerprint density at radius 3 is 2.39 bits per heavy atom. The minimum absolute atomic E-state index is 0.154. The van der Waals surface area contributed by atoms with Gasteiger partial charge in [0.15, 0.2) is 12.4 Å². The van der Waals surface area contributed by atoms with E-state index in [0.717, 1.165) is 6.07 Å². The van der Waals surface area contributed by atoms with Crippen LogP contribution in [0.15, 0.2) is 48.5 Å². The first kappa shape index (κ1) is 18.9. The van der Waals surface area contributed by atoms with Gasteiger partial charge < -0.3 is 4.74 Å². The number of esters is 1. The second kappa shape index (κ2) is 7.39. The number of Topliss-reactive ketones (excluding diaryl/α,β-unsaturated/α-hetero) is 1. The molecule has 0 radical (unpaired) electrons. The summed E-state index contributed by atoms with van der Waals surface area (Å²) in [7, 11) is 0. The van der Waals surface area contributed by atoms with Gasteiger partial charge in [-0.1, -0.05) is 36.4 Å². The lowest BCUT2D eigenvalue weighted by Crippen LogP contribution is -2.44. The van der Waals surface area contributed by atoms with E-state index in [9.17, 15) is 29.3 Å². The number of ether oxygens (including phenoxy) is 1. The zero-order valence-electron chi connectivity index (χ0n) is 14.7. The molecule has 2 aromatic carbocycles. The number of rotatable bonds is 6. The maximum atomic E-state index is 12.6. The van der Waals surface area contributed by atoms with Crippen molar-refractivity contribution in [2.75, 3.05) is 6.61 Å². The number of imide groups is 1. The summed E-state index contributed by atoms with van der Waals surface area (Å²) in [4.78, 5) is 60.3. The van der Waals surface area contributed by atoms with Crippen molar-refractivity contribution in [1.29, 1.82) is 0 Å². The molecule has 0 aromatic heterocycles. The van der Waals surface area contributed by atoms with Crippen molar-refractivity contribution in [3.63, 3.8) is 0 Å². The van der Waals surface area contributed by atoms with Crippen LogP contribution in [0.4, 0.5) is 5.69 Å². The van der Waals surface area contributed by atoms with E-state index in [-0.39, 0.29) is 11.1 Å². The lowest BCUT2D eigenvalue weighted by Gasteiger charge is -2.20. The zero-order valence-corrected chi connectivity index (χ0v) is 14.7. The van der Waals surface area contributed by atoms with Crippen molar-refractivity contribution in [3.05, 3.63) is 75.3 Å². The van der Waals surface area contributed by atoms with Crippen molar-refractivity contribution < 1.29 is 28.8 Å². The van der Waals surface area contributed by atoms with Crippen LogP contribution in [0, 0.1) is 10.1 Å². The quantitative estimate of drug-likeness (QED) is 0.246. The Morgan fingerprint density at radius 1 is 1.07 bits per heavy atom. The molecule has 2 aromatic rings. The molecule has 0 bridgehead atoms. The van der Waals surface area contributed by atoms with Gasteiger partial charge in [-0.25, -0.2) is 4.79 Å². The Kier molecular flexibility index (Phi) is 4.99. The van der Waals surface area contributed by atoms with E-state index in [1.165, 1.54) is 19.1 Å². The fourth-order valence-corrected chi connectivity index (χ4v) is 2.86. The third-order valence-corrected chi connectivity index (χ3v) is 4.29. The molecule has 1 aliphatic rings. The molecule has 0 N–H and O–H groups in total. The van der Waals surface area contributed by atoms with E-state index in [2.05, 4.69) is 0 Å². The number of nitro groups is 1. The summed E-state index contributed by atoms with van der Waals surface area (Å²) in [5.41, 5.74) is -0.686. The van der Waals surface area contributed by atoms with Crippen molar-refractivity contribution in [2.45, 2.75) is 13.0 Å². The van der Waals surface area contributed by atoms with Crippen LogP contribution in [0.25, 0.3) is 0 Å². The highest BCUT2D eigenvalue weighted by Crippen LogP contribution is 2.32. The molecule has 28 heavy (non-hydrogen) atoms. The number of nitrogens with zero attached hydrogens (tertiary/aromatic N) is 2. The summed E-state index contributed by atoms with van der Waals surface area (Å²) in [6.07, 6.45) is 0. The lowest BCUT2D eigenvalue weighted by atomic mass is 10.1. The molecule has 0 fully saturated rings.